The van der Waals surface area contributed by atoms with Crippen molar-refractivity contribution in [2.45, 2.75) is 65.5 Å². The van der Waals surface area contributed by atoms with E-state index in [0.717, 1.165) is 32.1 Å². The van der Waals surface area contributed by atoms with E-state index in [-0.39, 0.29) is 24.3 Å². The molecule has 35 heavy (non-hydrogen) atoms. The lowest BCUT2D eigenvalue weighted by atomic mass is 9.93. The molecule has 3 rings (SSSR count). The summed E-state index contributed by atoms with van der Waals surface area (Å²) in [5.41, 5.74) is 2.55. The van der Waals surface area contributed by atoms with Crippen molar-refractivity contribution in [3.63, 3.8) is 0 Å². The zero-order valence-electron chi connectivity index (χ0n) is 21.6. The first kappa shape index (κ1) is 26.3. The molecule has 0 N–H and O–H groups in total. The van der Waals surface area contributed by atoms with E-state index in [1.165, 1.54) is 21.3 Å². The molecule has 1 aliphatic rings. The van der Waals surface area contributed by atoms with Crippen LogP contribution in [0.3, 0.4) is 0 Å². The van der Waals surface area contributed by atoms with Gasteiger partial charge in [-0.3, -0.25) is 9.59 Å². The van der Waals surface area contributed by atoms with Crippen LogP contribution in [0.25, 0.3) is 0 Å². The molecule has 0 unspecified atom stereocenters. The van der Waals surface area contributed by atoms with Gasteiger partial charge < -0.3 is 23.7 Å². The van der Waals surface area contributed by atoms with Gasteiger partial charge in [0.1, 0.15) is 17.2 Å². The maximum Gasteiger partial charge on any atom is 0.354 e. The number of hydrogen-bond donors (Lipinski definition) is 0. The van der Waals surface area contributed by atoms with Crippen molar-refractivity contribution in [3.8, 4) is 11.5 Å². The summed E-state index contributed by atoms with van der Waals surface area (Å²) in [4.78, 5) is 41.6. The summed E-state index contributed by atoms with van der Waals surface area (Å²) in [7, 11) is 4.40. The molecule has 1 amide bonds. The lowest BCUT2D eigenvalue weighted by Crippen LogP contribution is -2.44. The fourth-order valence-electron chi connectivity index (χ4n) is 5.15. The third-order valence-electron chi connectivity index (χ3n) is 6.93. The molecule has 2 aromatic rings. The summed E-state index contributed by atoms with van der Waals surface area (Å²) in [5.74, 6) is 0.122. The van der Waals surface area contributed by atoms with Gasteiger partial charge in [-0.15, -0.1) is 0 Å². The van der Waals surface area contributed by atoms with Crippen molar-refractivity contribution in [2.24, 2.45) is 0 Å². The van der Waals surface area contributed by atoms with Crippen molar-refractivity contribution in [1.29, 1.82) is 0 Å². The predicted molar refractivity (Wildman–Crippen MR) is 133 cm³/mol. The first-order valence-electron chi connectivity index (χ1n) is 12.1. The minimum absolute atomic E-state index is 0.0358. The molecular formula is C27H36N2O6. The van der Waals surface area contributed by atoms with Crippen molar-refractivity contribution in [2.75, 3.05) is 27.9 Å². The Balaban J connectivity index is 2.01. The fourth-order valence-corrected chi connectivity index (χ4v) is 5.15. The van der Waals surface area contributed by atoms with Crippen LogP contribution in [0, 0.1) is 13.8 Å². The van der Waals surface area contributed by atoms with Crippen LogP contribution in [0.15, 0.2) is 18.2 Å². The normalized spacial score (nSPS) is 13.9. The number of amides is 1. The maximum absolute atomic E-state index is 13.8. The van der Waals surface area contributed by atoms with Gasteiger partial charge in [-0.2, -0.15) is 0 Å². The Morgan fingerprint density at radius 2 is 1.57 bits per heavy atom. The van der Waals surface area contributed by atoms with Gasteiger partial charge >= 0.3 is 5.97 Å². The molecule has 1 fully saturated rings. The molecular weight excluding hydrogens is 448 g/mol. The SMILES string of the molecule is CCn1c(C)c(C(=O)CN(C(=O)c2cc(OC)cc(OC)c2)C2CCCCC2)c(C)c1C(=O)OC. The first-order chi connectivity index (χ1) is 16.8. The summed E-state index contributed by atoms with van der Waals surface area (Å²) < 4.78 is 17.5. The number of ether oxygens (including phenoxy) is 3. The number of methoxy groups -OCH3 is 3. The molecule has 0 radical (unpaired) electrons. The summed E-state index contributed by atoms with van der Waals surface area (Å²) in [5, 5.41) is 0. The summed E-state index contributed by atoms with van der Waals surface area (Å²) >= 11 is 0. The van der Waals surface area contributed by atoms with Crippen molar-refractivity contribution < 1.29 is 28.6 Å². The van der Waals surface area contributed by atoms with Gasteiger partial charge in [-0.1, -0.05) is 19.3 Å². The number of aromatic nitrogens is 1. The molecule has 0 atom stereocenters. The minimum atomic E-state index is -0.477. The summed E-state index contributed by atoms with van der Waals surface area (Å²) in [6.45, 7) is 5.97. The topological polar surface area (TPSA) is 87.1 Å². The Bertz CT molecular complexity index is 1080. The standard InChI is InChI=1S/C27H36N2O6/c1-7-28-18(3)24(17(2)25(28)27(32)35-6)23(30)16-29(20-11-9-8-10-12-20)26(31)19-13-21(33-4)15-22(14-19)34-5/h13-15,20H,7-12,16H2,1-6H3. The summed E-state index contributed by atoms with van der Waals surface area (Å²) in [6.07, 6.45) is 4.85. The molecule has 1 aliphatic carbocycles. The Hall–Kier alpha value is -3.29. The Morgan fingerprint density at radius 1 is 0.971 bits per heavy atom. The van der Waals surface area contributed by atoms with Crippen LogP contribution < -0.4 is 9.47 Å². The smallest absolute Gasteiger partial charge is 0.354 e. The van der Waals surface area contributed by atoms with Crippen molar-refractivity contribution >= 4 is 17.7 Å². The van der Waals surface area contributed by atoms with Crippen LogP contribution in [-0.2, 0) is 11.3 Å². The van der Waals surface area contributed by atoms with E-state index in [0.29, 0.717) is 46.1 Å². The van der Waals surface area contributed by atoms with Gasteiger partial charge in [0.15, 0.2) is 5.78 Å². The Labute approximate surface area is 207 Å². The largest absolute Gasteiger partial charge is 0.497 e. The minimum Gasteiger partial charge on any atom is -0.497 e. The van der Waals surface area contributed by atoms with Crippen molar-refractivity contribution in [1.82, 2.24) is 9.47 Å². The number of Topliss-reactive ketones (excluding diaryl/α,β-unsaturated/α-hetero) is 1. The van der Waals surface area contributed by atoms with E-state index in [4.69, 9.17) is 14.2 Å². The molecule has 8 heteroatoms. The molecule has 1 heterocycles. The van der Waals surface area contributed by atoms with E-state index in [9.17, 15) is 14.4 Å². The molecule has 190 valence electrons. The second-order valence-corrected chi connectivity index (χ2v) is 8.92. The number of nitrogens with zero attached hydrogens (tertiary/aromatic N) is 2. The average Bonchev–Trinajstić information content (AvgIpc) is 3.15. The number of hydrogen-bond acceptors (Lipinski definition) is 6. The number of carbonyl (C=O) groups is 3. The zero-order chi connectivity index (χ0) is 25.7. The quantitative estimate of drug-likeness (QED) is 0.382. The van der Waals surface area contributed by atoms with Gasteiger partial charge in [0.05, 0.1) is 27.9 Å². The zero-order valence-corrected chi connectivity index (χ0v) is 21.6. The highest BCUT2D eigenvalue weighted by Gasteiger charge is 2.32. The van der Waals surface area contributed by atoms with Gasteiger partial charge in [0, 0.05) is 35.5 Å². The third kappa shape index (κ3) is 5.36. The van der Waals surface area contributed by atoms with Crippen molar-refractivity contribution in [3.05, 3.63) is 46.3 Å². The number of esters is 1. The van der Waals surface area contributed by atoms with E-state index < -0.39 is 5.97 Å². The van der Waals surface area contributed by atoms with Gasteiger partial charge in [-0.05, 0) is 51.3 Å². The molecule has 0 saturated heterocycles. The predicted octanol–water partition coefficient (Wildman–Crippen LogP) is 4.59. The monoisotopic (exact) mass is 484 g/mol. The van der Waals surface area contributed by atoms with Gasteiger partial charge in [0.2, 0.25) is 0 Å². The number of ketones is 1. The lowest BCUT2D eigenvalue weighted by Gasteiger charge is -2.34. The fraction of sp³-hybridized carbons (Fsp3) is 0.519. The number of benzene rings is 1. The van der Waals surface area contributed by atoms with E-state index in [2.05, 4.69) is 0 Å². The highest BCUT2D eigenvalue weighted by atomic mass is 16.5. The Morgan fingerprint density at radius 3 is 2.09 bits per heavy atom. The van der Waals surface area contributed by atoms with Crippen LogP contribution in [0.1, 0.15) is 81.5 Å². The van der Waals surface area contributed by atoms with Gasteiger partial charge in [0.25, 0.3) is 5.91 Å². The van der Waals surface area contributed by atoms with E-state index >= 15 is 0 Å². The first-order valence-corrected chi connectivity index (χ1v) is 12.1. The highest BCUT2D eigenvalue weighted by Crippen LogP contribution is 2.29. The second-order valence-electron chi connectivity index (χ2n) is 8.92. The molecule has 0 bridgehead atoms. The molecule has 1 saturated carbocycles. The van der Waals surface area contributed by atoms with Crippen LogP contribution in [0.2, 0.25) is 0 Å². The third-order valence-corrected chi connectivity index (χ3v) is 6.93. The number of rotatable bonds is 9. The molecule has 1 aromatic carbocycles. The summed E-state index contributed by atoms with van der Waals surface area (Å²) in [6, 6.07) is 5.02. The molecule has 0 spiro atoms. The molecule has 0 aliphatic heterocycles. The Kier molecular flexibility index (Phi) is 8.59. The lowest BCUT2D eigenvalue weighted by molar-refractivity contribution is 0.0584. The maximum atomic E-state index is 13.8. The second kappa shape index (κ2) is 11.4. The highest BCUT2D eigenvalue weighted by molar-refractivity contribution is 6.06. The van der Waals surface area contributed by atoms with E-state index in [1.807, 2.05) is 13.8 Å². The molecule has 8 nitrogen and oxygen atoms in total. The van der Waals surface area contributed by atoms with E-state index in [1.54, 1.807) is 34.6 Å². The van der Waals surface area contributed by atoms with Gasteiger partial charge in [-0.25, -0.2) is 4.79 Å². The molecule has 1 aromatic heterocycles. The van der Waals surface area contributed by atoms with Crippen LogP contribution in [-0.4, -0.2) is 61.0 Å². The van der Waals surface area contributed by atoms with Crippen LogP contribution in [0.4, 0.5) is 0 Å². The van der Waals surface area contributed by atoms with Crippen LogP contribution in [0.5, 0.6) is 11.5 Å². The number of carbonyl (C=O) groups excluding carboxylic acids is 3. The average molecular weight is 485 g/mol. The van der Waals surface area contributed by atoms with Crippen LogP contribution >= 0.6 is 0 Å².